The minimum atomic E-state index is -0.142. The SMILES string of the molecule is O=C(NCCCn1nc2ccccn2c1=O)NCC(C1CC1)C1CC1. The largest absolute Gasteiger partial charge is 0.350 e. The van der Waals surface area contributed by atoms with Crippen LogP contribution in [0.4, 0.5) is 4.79 Å². The number of hydrogen-bond acceptors (Lipinski definition) is 3. The van der Waals surface area contributed by atoms with E-state index in [-0.39, 0.29) is 11.7 Å². The van der Waals surface area contributed by atoms with Crippen LogP contribution >= 0.6 is 0 Å². The van der Waals surface area contributed by atoms with Crippen LogP contribution in [0.1, 0.15) is 32.1 Å². The molecule has 0 saturated heterocycles. The summed E-state index contributed by atoms with van der Waals surface area (Å²) in [5, 5.41) is 10.2. The zero-order valence-electron chi connectivity index (χ0n) is 14.4. The Balaban J connectivity index is 1.19. The number of nitrogens with zero attached hydrogens (tertiary/aromatic N) is 3. The fourth-order valence-corrected chi connectivity index (χ4v) is 3.58. The van der Waals surface area contributed by atoms with Crippen molar-refractivity contribution in [1.29, 1.82) is 0 Å². The van der Waals surface area contributed by atoms with Crippen molar-refractivity contribution in [3.8, 4) is 0 Å². The third-order valence-electron chi connectivity index (χ3n) is 5.27. The van der Waals surface area contributed by atoms with Crippen LogP contribution in [-0.2, 0) is 6.54 Å². The van der Waals surface area contributed by atoms with Crippen molar-refractivity contribution in [3.63, 3.8) is 0 Å². The highest BCUT2D eigenvalue weighted by Gasteiger charge is 2.41. The standard InChI is InChI=1S/C18H25N5O2/c24-17(20-12-15(13-5-6-13)14-7-8-14)19-9-3-11-23-18(25)22-10-2-1-4-16(22)21-23/h1-2,4,10,13-15H,3,5-9,11-12H2,(H2,19,20,24). The number of hydrogen-bond donors (Lipinski definition) is 2. The molecule has 0 unspecified atom stereocenters. The predicted octanol–water partition coefficient (Wildman–Crippen LogP) is 1.62. The van der Waals surface area contributed by atoms with E-state index in [4.69, 9.17) is 0 Å². The monoisotopic (exact) mass is 343 g/mol. The van der Waals surface area contributed by atoms with E-state index in [2.05, 4.69) is 15.7 Å². The second-order valence-electron chi connectivity index (χ2n) is 7.26. The second-order valence-corrected chi connectivity index (χ2v) is 7.26. The summed E-state index contributed by atoms with van der Waals surface area (Å²) in [7, 11) is 0. The van der Waals surface area contributed by atoms with Crippen molar-refractivity contribution in [1.82, 2.24) is 24.8 Å². The molecule has 0 radical (unpaired) electrons. The van der Waals surface area contributed by atoms with E-state index in [9.17, 15) is 9.59 Å². The van der Waals surface area contributed by atoms with Gasteiger partial charge in [-0.15, -0.1) is 5.10 Å². The normalized spacial score (nSPS) is 17.2. The highest BCUT2D eigenvalue weighted by Crippen LogP contribution is 2.48. The molecule has 2 saturated carbocycles. The van der Waals surface area contributed by atoms with Crippen molar-refractivity contribution >= 4 is 11.7 Å². The Morgan fingerprint density at radius 3 is 2.64 bits per heavy atom. The summed E-state index contributed by atoms with van der Waals surface area (Å²) in [6.45, 7) is 1.82. The van der Waals surface area contributed by atoms with Crippen molar-refractivity contribution in [2.24, 2.45) is 17.8 Å². The number of carbonyl (C=O) groups is 1. The molecule has 0 bridgehead atoms. The van der Waals surface area contributed by atoms with E-state index in [0.29, 0.717) is 31.1 Å². The summed E-state index contributed by atoms with van der Waals surface area (Å²) in [4.78, 5) is 24.1. The molecule has 2 amide bonds. The smallest absolute Gasteiger partial charge is 0.338 e. The third-order valence-corrected chi connectivity index (χ3v) is 5.27. The third kappa shape index (κ3) is 3.86. The van der Waals surface area contributed by atoms with Crippen LogP contribution in [0, 0.1) is 17.8 Å². The Bertz CT molecular complexity index is 791. The summed E-state index contributed by atoms with van der Waals surface area (Å²) >= 11 is 0. The zero-order valence-corrected chi connectivity index (χ0v) is 14.4. The second kappa shape index (κ2) is 6.90. The molecule has 2 N–H and O–H groups in total. The van der Waals surface area contributed by atoms with Crippen LogP contribution in [0.2, 0.25) is 0 Å². The Morgan fingerprint density at radius 1 is 1.20 bits per heavy atom. The van der Waals surface area contributed by atoms with Gasteiger partial charge in [0, 0.05) is 25.8 Å². The van der Waals surface area contributed by atoms with Gasteiger partial charge < -0.3 is 10.6 Å². The molecule has 2 aliphatic carbocycles. The molecule has 4 rings (SSSR count). The van der Waals surface area contributed by atoms with E-state index in [1.165, 1.54) is 34.8 Å². The average molecular weight is 343 g/mol. The van der Waals surface area contributed by atoms with Crippen molar-refractivity contribution in [2.75, 3.05) is 13.1 Å². The lowest BCUT2D eigenvalue weighted by Gasteiger charge is -2.16. The molecule has 2 aromatic heterocycles. The predicted molar refractivity (Wildman–Crippen MR) is 94.4 cm³/mol. The highest BCUT2D eigenvalue weighted by molar-refractivity contribution is 5.73. The summed E-state index contributed by atoms with van der Waals surface area (Å²) in [5.41, 5.74) is 0.501. The molecular formula is C18H25N5O2. The first-order valence-corrected chi connectivity index (χ1v) is 9.28. The molecule has 7 nitrogen and oxygen atoms in total. The number of rotatable bonds is 8. The quantitative estimate of drug-likeness (QED) is 0.715. The van der Waals surface area contributed by atoms with Crippen LogP contribution in [0.5, 0.6) is 0 Å². The lowest BCUT2D eigenvalue weighted by Crippen LogP contribution is -2.39. The van der Waals surface area contributed by atoms with Gasteiger partial charge in [-0.05, 0) is 62.0 Å². The van der Waals surface area contributed by atoms with Crippen LogP contribution in [0.3, 0.4) is 0 Å². The maximum Gasteiger partial charge on any atom is 0.350 e. The molecule has 2 heterocycles. The minimum absolute atomic E-state index is 0.103. The number of nitrogens with one attached hydrogen (secondary N) is 2. The highest BCUT2D eigenvalue weighted by atomic mass is 16.2. The van der Waals surface area contributed by atoms with Gasteiger partial charge in [-0.1, -0.05) is 6.07 Å². The maximum atomic E-state index is 12.1. The van der Waals surface area contributed by atoms with Crippen molar-refractivity contribution in [2.45, 2.75) is 38.6 Å². The van der Waals surface area contributed by atoms with Gasteiger partial charge >= 0.3 is 11.7 Å². The van der Waals surface area contributed by atoms with E-state index in [1.54, 1.807) is 12.3 Å². The van der Waals surface area contributed by atoms with Crippen LogP contribution in [0.25, 0.3) is 5.65 Å². The molecule has 134 valence electrons. The number of pyridine rings is 1. The zero-order chi connectivity index (χ0) is 17.2. The molecule has 0 atom stereocenters. The van der Waals surface area contributed by atoms with Gasteiger partial charge in [-0.2, -0.15) is 0 Å². The number of urea groups is 1. The molecule has 0 aromatic carbocycles. The lowest BCUT2D eigenvalue weighted by atomic mass is 9.98. The lowest BCUT2D eigenvalue weighted by molar-refractivity contribution is 0.236. The fourth-order valence-electron chi connectivity index (χ4n) is 3.58. The van der Waals surface area contributed by atoms with Crippen LogP contribution in [0.15, 0.2) is 29.2 Å². The molecule has 2 aliphatic rings. The van der Waals surface area contributed by atoms with Gasteiger partial charge in [-0.3, -0.25) is 4.40 Å². The van der Waals surface area contributed by atoms with Crippen molar-refractivity contribution < 1.29 is 4.79 Å². The molecule has 2 fully saturated rings. The van der Waals surface area contributed by atoms with Gasteiger partial charge in [0.1, 0.15) is 0 Å². The van der Waals surface area contributed by atoms with Gasteiger partial charge in [0.05, 0.1) is 0 Å². The number of fused-ring (bicyclic) bond motifs is 1. The molecule has 25 heavy (non-hydrogen) atoms. The van der Waals surface area contributed by atoms with E-state index in [0.717, 1.165) is 18.4 Å². The molecule has 2 aromatic rings. The summed E-state index contributed by atoms with van der Waals surface area (Å²) in [6.07, 6.45) is 7.71. The number of aromatic nitrogens is 3. The molecule has 7 heteroatoms. The molecule has 0 aliphatic heterocycles. The van der Waals surface area contributed by atoms with Crippen LogP contribution in [-0.4, -0.2) is 33.3 Å². The van der Waals surface area contributed by atoms with E-state index in [1.807, 2.05) is 12.1 Å². The van der Waals surface area contributed by atoms with Gasteiger partial charge in [0.25, 0.3) is 0 Å². The number of amides is 2. The Hall–Kier alpha value is -2.31. The first kappa shape index (κ1) is 16.2. The summed E-state index contributed by atoms with van der Waals surface area (Å²) < 4.78 is 2.97. The molecular weight excluding hydrogens is 318 g/mol. The first-order valence-electron chi connectivity index (χ1n) is 9.28. The van der Waals surface area contributed by atoms with Gasteiger partial charge in [-0.25, -0.2) is 14.3 Å². The maximum absolute atomic E-state index is 12.1. The van der Waals surface area contributed by atoms with Gasteiger partial charge in [0.2, 0.25) is 0 Å². The Morgan fingerprint density at radius 2 is 1.96 bits per heavy atom. The fraction of sp³-hybridized carbons (Fsp3) is 0.611. The van der Waals surface area contributed by atoms with Crippen LogP contribution < -0.4 is 16.3 Å². The summed E-state index contributed by atoms with van der Waals surface area (Å²) in [5.74, 6) is 2.37. The minimum Gasteiger partial charge on any atom is -0.338 e. The van der Waals surface area contributed by atoms with E-state index < -0.39 is 0 Å². The summed E-state index contributed by atoms with van der Waals surface area (Å²) in [6, 6.07) is 5.37. The van der Waals surface area contributed by atoms with Crippen molar-refractivity contribution in [3.05, 3.63) is 34.9 Å². The molecule has 0 spiro atoms. The number of aryl methyl sites for hydroxylation is 1. The number of carbonyl (C=O) groups excluding carboxylic acids is 1. The topological polar surface area (TPSA) is 80.4 Å². The first-order chi connectivity index (χ1) is 12.2. The average Bonchev–Trinajstić information content (AvgIpc) is 3.52. The Labute approximate surface area is 146 Å². The van der Waals surface area contributed by atoms with E-state index >= 15 is 0 Å². The van der Waals surface area contributed by atoms with Gasteiger partial charge in [0.15, 0.2) is 5.65 Å². The Kier molecular flexibility index (Phi) is 4.46.